The Balaban J connectivity index is 0.000000900. The van der Waals surface area contributed by atoms with E-state index in [4.69, 9.17) is 0 Å². The molecule has 0 bridgehead atoms. The number of halogens is 3. The number of hydrogen-bond acceptors (Lipinski definition) is 2. The van der Waals surface area contributed by atoms with E-state index in [1.807, 2.05) is 11.8 Å². The van der Waals surface area contributed by atoms with Gasteiger partial charge in [-0.25, -0.2) is 0 Å². The summed E-state index contributed by atoms with van der Waals surface area (Å²) in [7, 11) is 2.26. The van der Waals surface area contributed by atoms with Crippen molar-refractivity contribution in [1.82, 2.24) is 0 Å². The molecule has 0 N–H and O–H groups in total. The van der Waals surface area contributed by atoms with E-state index in [2.05, 4.69) is 70.4 Å². The SMILES string of the molecule is CN1c2c(cccc2C2=C3SC3=[C]([Zr+2])C2)C2=Cc3cc(Br)ccc3C21.[Cl-].[Cl-]. The Hall–Kier alpha value is -0.247. The third-order valence-electron chi connectivity index (χ3n) is 5.63. The van der Waals surface area contributed by atoms with Crippen LogP contribution >= 0.6 is 27.7 Å². The van der Waals surface area contributed by atoms with Crippen LogP contribution in [0.15, 0.2) is 54.0 Å². The van der Waals surface area contributed by atoms with E-state index < -0.39 is 0 Å². The fraction of sp³-hybridized carbons (Fsp3) is 0.143. The molecule has 1 atom stereocenters. The molecule has 0 aromatic heterocycles. The molecule has 6 heteroatoms. The summed E-state index contributed by atoms with van der Waals surface area (Å²) in [5.41, 5.74) is 10.1. The van der Waals surface area contributed by atoms with Crippen LogP contribution in [0.2, 0.25) is 0 Å². The van der Waals surface area contributed by atoms with Gasteiger partial charge < -0.3 is 24.8 Å². The second kappa shape index (κ2) is 6.92. The van der Waals surface area contributed by atoms with Gasteiger partial charge in [0.1, 0.15) is 0 Å². The minimum Gasteiger partial charge on any atom is -1.00 e. The molecule has 133 valence electrons. The fourth-order valence-electron chi connectivity index (χ4n) is 4.53. The Morgan fingerprint density at radius 2 is 1.89 bits per heavy atom. The van der Waals surface area contributed by atoms with Gasteiger partial charge in [0.15, 0.2) is 0 Å². The van der Waals surface area contributed by atoms with E-state index in [0.717, 1.165) is 10.9 Å². The van der Waals surface area contributed by atoms with Gasteiger partial charge in [-0.1, -0.05) is 0 Å². The average molecular weight is 553 g/mol. The summed E-state index contributed by atoms with van der Waals surface area (Å²) in [5.74, 6) is 0. The van der Waals surface area contributed by atoms with Crippen molar-refractivity contribution in [3.63, 3.8) is 0 Å². The maximum absolute atomic E-state index is 3.61. The fourth-order valence-corrected chi connectivity index (χ4v) is 7.15. The Morgan fingerprint density at radius 3 is 2.59 bits per heavy atom. The zero-order valence-electron chi connectivity index (χ0n) is 14.3. The molecule has 0 saturated carbocycles. The van der Waals surface area contributed by atoms with Crippen LogP contribution in [0.3, 0.4) is 0 Å². The number of fused-ring (bicyclic) bond motifs is 6. The van der Waals surface area contributed by atoms with Gasteiger partial charge in [-0.3, -0.25) is 0 Å². The standard InChI is InChI=1S/C21H13BrNS.2ClH.Zr/c1-23-19-13-6-5-12(22)9-11(13)10-17(19)15-4-2-3-14(20(15)23)16-7-8-18-21(16)24-18;;;/h2-6,9-10,19H,7H2,1H3;2*1H;/q;;;+2/p-2. The van der Waals surface area contributed by atoms with Crippen molar-refractivity contribution in [3.8, 4) is 0 Å². The Kier molecular flexibility index (Phi) is 5.14. The molecule has 27 heavy (non-hydrogen) atoms. The van der Waals surface area contributed by atoms with Crippen LogP contribution in [-0.4, -0.2) is 7.05 Å². The van der Waals surface area contributed by atoms with Gasteiger partial charge in [-0.05, 0) is 0 Å². The van der Waals surface area contributed by atoms with Crippen LogP contribution in [0.25, 0.3) is 17.2 Å². The summed E-state index contributed by atoms with van der Waals surface area (Å²) in [6.07, 6.45) is 3.54. The molecule has 1 unspecified atom stereocenters. The molecular weight excluding hydrogens is 540 g/mol. The first kappa shape index (κ1) is 20.0. The van der Waals surface area contributed by atoms with Crippen LogP contribution < -0.4 is 29.7 Å². The van der Waals surface area contributed by atoms with Crippen molar-refractivity contribution >= 4 is 50.6 Å². The van der Waals surface area contributed by atoms with Crippen LogP contribution in [0, 0.1) is 0 Å². The Labute approximate surface area is 199 Å². The van der Waals surface area contributed by atoms with Crippen molar-refractivity contribution in [2.45, 2.75) is 12.5 Å². The number of allylic oxidation sites excluding steroid dienone is 2. The second-order valence-electron chi connectivity index (χ2n) is 6.98. The molecule has 2 heterocycles. The summed E-state index contributed by atoms with van der Waals surface area (Å²) in [4.78, 5) is 5.64. The molecule has 0 amide bonds. The molecule has 6 rings (SSSR count). The number of benzene rings is 2. The zero-order valence-corrected chi connectivity index (χ0v) is 20.7. The van der Waals surface area contributed by atoms with Crippen molar-refractivity contribution in [3.05, 3.63) is 76.2 Å². The van der Waals surface area contributed by atoms with Gasteiger partial charge in [0.05, 0.1) is 0 Å². The first-order valence-corrected chi connectivity index (χ1v) is 11.2. The second-order valence-corrected chi connectivity index (χ2v) is 10.4. The normalized spacial score (nSPS) is 20.5. The third kappa shape index (κ3) is 2.75. The number of likely N-dealkylation sites (N-methyl/N-ethyl adjacent to an activating group) is 1. The largest absolute Gasteiger partial charge is 1.00 e. The van der Waals surface area contributed by atoms with Crippen LogP contribution in [-0.2, 0) is 24.7 Å². The molecule has 1 nitrogen and oxygen atoms in total. The summed E-state index contributed by atoms with van der Waals surface area (Å²) in [6.45, 7) is 0. The van der Waals surface area contributed by atoms with E-state index in [1.54, 1.807) is 43.4 Å². The van der Waals surface area contributed by atoms with E-state index >= 15 is 0 Å². The quantitative estimate of drug-likeness (QED) is 0.462. The molecule has 4 aliphatic rings. The van der Waals surface area contributed by atoms with Gasteiger partial charge in [0.2, 0.25) is 0 Å². The van der Waals surface area contributed by atoms with Gasteiger partial charge in [-0.15, -0.1) is 0 Å². The maximum atomic E-state index is 3.61. The molecule has 2 aromatic carbocycles. The summed E-state index contributed by atoms with van der Waals surface area (Å²) < 4.78 is 2.79. The van der Waals surface area contributed by atoms with E-state index in [0.29, 0.717) is 6.04 Å². The van der Waals surface area contributed by atoms with E-state index in [9.17, 15) is 0 Å². The van der Waals surface area contributed by atoms with Crippen LogP contribution in [0.1, 0.15) is 34.7 Å². The number of thioether (sulfide) groups is 1. The molecule has 1 fully saturated rings. The number of nitrogens with zero attached hydrogens (tertiary/aromatic N) is 1. The molecule has 0 radical (unpaired) electrons. The van der Waals surface area contributed by atoms with Gasteiger partial charge in [-0.2, -0.15) is 0 Å². The first-order valence-electron chi connectivity index (χ1n) is 8.37. The average Bonchev–Trinajstić information content (AvgIpc) is 3.12. The van der Waals surface area contributed by atoms with Gasteiger partial charge in [0.25, 0.3) is 0 Å². The zero-order chi connectivity index (χ0) is 16.9. The Bertz CT molecular complexity index is 1110. The predicted octanol–water partition coefficient (Wildman–Crippen LogP) is 0.122. The first-order chi connectivity index (χ1) is 12.1. The van der Waals surface area contributed by atoms with Crippen molar-refractivity contribution < 1.29 is 49.5 Å². The predicted molar refractivity (Wildman–Crippen MR) is 106 cm³/mol. The van der Waals surface area contributed by atoms with Crippen LogP contribution in [0.4, 0.5) is 5.69 Å². The van der Waals surface area contributed by atoms with Crippen molar-refractivity contribution in [1.29, 1.82) is 0 Å². The van der Waals surface area contributed by atoms with Crippen LogP contribution in [0.5, 0.6) is 0 Å². The minimum atomic E-state index is 0. The molecule has 2 aromatic rings. The molecule has 2 aliphatic heterocycles. The topological polar surface area (TPSA) is 3.24 Å². The summed E-state index contributed by atoms with van der Waals surface area (Å²) in [6, 6.07) is 13.9. The van der Waals surface area contributed by atoms with E-state index in [1.165, 1.54) is 33.5 Å². The van der Waals surface area contributed by atoms with E-state index in [-0.39, 0.29) is 24.8 Å². The summed E-state index contributed by atoms with van der Waals surface area (Å²) >= 11 is 7.18. The summed E-state index contributed by atoms with van der Waals surface area (Å²) in [5, 5.41) is 0. The number of hydrogen-bond donors (Lipinski definition) is 0. The third-order valence-corrected chi connectivity index (χ3v) is 8.72. The smallest absolute Gasteiger partial charge is 1.00 e. The minimum absolute atomic E-state index is 0. The Morgan fingerprint density at radius 1 is 1.11 bits per heavy atom. The number of rotatable bonds is 1. The van der Waals surface area contributed by atoms with Gasteiger partial charge >= 0.3 is 176 Å². The molecule has 2 aliphatic carbocycles. The van der Waals surface area contributed by atoms with Gasteiger partial charge in [0, 0.05) is 0 Å². The number of anilines is 1. The van der Waals surface area contributed by atoms with Crippen molar-refractivity contribution in [2.24, 2.45) is 0 Å². The van der Waals surface area contributed by atoms with Crippen molar-refractivity contribution in [2.75, 3.05) is 11.9 Å². The maximum Gasteiger partial charge on any atom is -1.00 e. The number of para-hydroxylation sites is 1. The monoisotopic (exact) mass is 550 g/mol. The molecule has 1 saturated heterocycles. The molecular formula is C21H13BrCl2NSZr. The molecule has 0 spiro atoms.